The number of carbonyl (C=O) groups is 1. The van der Waals surface area contributed by atoms with Crippen LogP contribution in [0.25, 0.3) is 22.5 Å². The second kappa shape index (κ2) is 10.8. The molecule has 0 spiro atoms. The van der Waals surface area contributed by atoms with Crippen LogP contribution < -0.4 is 14.8 Å². The summed E-state index contributed by atoms with van der Waals surface area (Å²) < 4.78 is 52.0. The van der Waals surface area contributed by atoms with E-state index in [9.17, 15) is 18.0 Å². The zero-order chi connectivity index (χ0) is 28.6. The summed E-state index contributed by atoms with van der Waals surface area (Å²) in [4.78, 5) is 24.4. The molecule has 1 aliphatic carbocycles. The van der Waals surface area contributed by atoms with Crippen molar-refractivity contribution >= 4 is 23.7 Å². The van der Waals surface area contributed by atoms with Gasteiger partial charge in [-0.1, -0.05) is 35.9 Å². The summed E-state index contributed by atoms with van der Waals surface area (Å²) in [6, 6.07) is 11.4. The maximum atomic E-state index is 13.9. The molecule has 1 aliphatic rings. The summed E-state index contributed by atoms with van der Waals surface area (Å²) in [7, 11) is 2.80. The quantitative estimate of drug-likeness (QED) is 0.238. The Morgan fingerprint density at radius 1 is 1.05 bits per heavy atom. The van der Waals surface area contributed by atoms with Gasteiger partial charge in [-0.15, -0.1) is 0 Å². The Labute approximate surface area is 233 Å². The van der Waals surface area contributed by atoms with Crippen molar-refractivity contribution in [2.75, 3.05) is 19.5 Å². The van der Waals surface area contributed by atoms with E-state index < -0.39 is 23.6 Å². The first-order valence-corrected chi connectivity index (χ1v) is 12.7. The number of aryl methyl sites for hydroxylation is 1. The van der Waals surface area contributed by atoms with Crippen LogP contribution in [0.5, 0.6) is 11.8 Å². The molecule has 0 radical (unpaired) electrons. The number of alkyl halides is 3. The molecule has 1 atom stereocenters. The fourth-order valence-electron chi connectivity index (χ4n) is 4.97. The Hall–Kier alpha value is -4.18. The largest absolute Gasteiger partial charge is 0.481 e. The Morgan fingerprint density at radius 3 is 2.52 bits per heavy atom. The molecule has 0 amide bonds. The number of aromatic nitrogens is 3. The van der Waals surface area contributed by atoms with Gasteiger partial charge in [-0.2, -0.15) is 18.2 Å². The highest BCUT2D eigenvalue weighted by atomic mass is 35.5. The lowest BCUT2D eigenvalue weighted by atomic mass is 9.98. The summed E-state index contributed by atoms with van der Waals surface area (Å²) in [5, 5.41) is 3.35. The monoisotopic (exact) mass is 568 g/mol. The van der Waals surface area contributed by atoms with Crippen molar-refractivity contribution in [3.63, 3.8) is 0 Å². The van der Waals surface area contributed by atoms with Crippen LogP contribution in [-0.4, -0.2) is 35.5 Å². The number of halogens is 4. The first-order valence-electron chi connectivity index (χ1n) is 12.3. The van der Waals surface area contributed by atoms with E-state index in [1.165, 1.54) is 7.11 Å². The number of fused-ring (bicyclic) bond motifs is 1. The number of nitrogens with zero attached hydrogens (tertiary/aromatic N) is 3. The highest BCUT2D eigenvalue weighted by Gasteiger charge is 2.37. The van der Waals surface area contributed by atoms with Crippen molar-refractivity contribution in [3.05, 3.63) is 81.5 Å². The first-order chi connectivity index (χ1) is 19.2. The van der Waals surface area contributed by atoms with Crippen LogP contribution in [0.3, 0.4) is 0 Å². The van der Waals surface area contributed by atoms with Gasteiger partial charge in [0.2, 0.25) is 11.8 Å². The smallest absolute Gasteiger partial charge is 0.419 e. The van der Waals surface area contributed by atoms with Crippen molar-refractivity contribution in [2.45, 2.75) is 32.0 Å². The topological polar surface area (TPSA) is 86.2 Å². The maximum absolute atomic E-state index is 13.9. The zero-order valence-electron chi connectivity index (χ0n) is 21.8. The lowest BCUT2D eigenvalue weighted by Gasteiger charge is -2.20. The third-order valence-electron chi connectivity index (χ3n) is 6.89. The van der Waals surface area contributed by atoms with Crippen molar-refractivity contribution in [2.24, 2.45) is 0 Å². The molecule has 3 heterocycles. The minimum atomic E-state index is -4.73. The molecule has 0 aliphatic heterocycles. The molecular formula is C29H24ClF3N4O3. The van der Waals surface area contributed by atoms with E-state index in [1.807, 2.05) is 37.3 Å². The van der Waals surface area contributed by atoms with E-state index >= 15 is 0 Å². The van der Waals surface area contributed by atoms with Gasteiger partial charge in [-0.25, -0.2) is 4.98 Å². The Balaban J connectivity index is 1.54. The number of methoxy groups -OCH3 is 2. The molecule has 1 N–H and O–H groups in total. The molecule has 7 nitrogen and oxygen atoms in total. The van der Waals surface area contributed by atoms with Gasteiger partial charge < -0.3 is 14.8 Å². The summed E-state index contributed by atoms with van der Waals surface area (Å²) in [6.45, 7) is 1.90. The zero-order valence-corrected chi connectivity index (χ0v) is 22.5. The third-order valence-corrected chi connectivity index (χ3v) is 7.27. The van der Waals surface area contributed by atoms with Gasteiger partial charge in [0, 0.05) is 22.9 Å². The number of anilines is 1. The van der Waals surface area contributed by atoms with Gasteiger partial charge in [-0.3, -0.25) is 9.78 Å². The van der Waals surface area contributed by atoms with Crippen LogP contribution in [0.4, 0.5) is 19.0 Å². The Morgan fingerprint density at radius 2 is 1.82 bits per heavy atom. The maximum Gasteiger partial charge on any atom is 0.419 e. The van der Waals surface area contributed by atoms with Gasteiger partial charge in [0.25, 0.3) is 0 Å². The van der Waals surface area contributed by atoms with E-state index in [2.05, 4.69) is 20.3 Å². The lowest BCUT2D eigenvalue weighted by molar-refractivity contribution is -0.137. The van der Waals surface area contributed by atoms with Crippen LogP contribution in [0.1, 0.15) is 45.1 Å². The SMILES string of the molecule is COc1nc(-c2ccnc(-c3cccc4c3CC[C@@H]4Nc3nc(OC)c(C=O)cc3C(F)(F)F)c2Cl)ccc1C. The van der Waals surface area contributed by atoms with E-state index in [1.54, 1.807) is 19.4 Å². The van der Waals surface area contributed by atoms with Crippen molar-refractivity contribution in [3.8, 4) is 34.3 Å². The molecule has 0 fully saturated rings. The predicted molar refractivity (Wildman–Crippen MR) is 145 cm³/mol. The number of benzene rings is 1. The van der Waals surface area contributed by atoms with Gasteiger partial charge in [-0.05, 0) is 49.1 Å². The number of nitrogens with one attached hydrogen (secondary N) is 1. The van der Waals surface area contributed by atoms with Gasteiger partial charge in [0.1, 0.15) is 5.82 Å². The molecule has 206 valence electrons. The molecule has 4 aromatic rings. The van der Waals surface area contributed by atoms with Crippen LogP contribution in [0, 0.1) is 6.92 Å². The summed E-state index contributed by atoms with van der Waals surface area (Å²) >= 11 is 6.88. The minimum absolute atomic E-state index is 0.188. The van der Waals surface area contributed by atoms with Crippen molar-refractivity contribution < 1.29 is 27.4 Å². The number of ether oxygens (including phenoxy) is 2. The van der Waals surface area contributed by atoms with Crippen LogP contribution in [-0.2, 0) is 12.6 Å². The fraction of sp³-hybridized carbons (Fsp3) is 0.241. The normalized spacial score (nSPS) is 14.5. The fourth-order valence-corrected chi connectivity index (χ4v) is 5.28. The summed E-state index contributed by atoms with van der Waals surface area (Å²) in [5.41, 5.74) is 3.93. The molecule has 0 unspecified atom stereocenters. The molecule has 0 saturated heterocycles. The molecule has 0 bridgehead atoms. The highest BCUT2D eigenvalue weighted by molar-refractivity contribution is 6.35. The Kier molecular flexibility index (Phi) is 7.37. The second-order valence-corrected chi connectivity index (χ2v) is 9.63. The molecule has 1 aromatic carbocycles. The predicted octanol–water partition coefficient (Wildman–Crippen LogP) is 7.12. The van der Waals surface area contributed by atoms with Gasteiger partial charge >= 0.3 is 6.18 Å². The molecule has 3 aromatic heterocycles. The van der Waals surface area contributed by atoms with Crippen molar-refractivity contribution in [1.29, 1.82) is 0 Å². The molecule has 5 rings (SSSR count). The van der Waals surface area contributed by atoms with Crippen molar-refractivity contribution in [1.82, 2.24) is 15.0 Å². The summed E-state index contributed by atoms with van der Waals surface area (Å²) in [6.07, 6.45) is -1.71. The average molecular weight is 569 g/mol. The highest BCUT2D eigenvalue weighted by Crippen LogP contribution is 2.44. The van der Waals surface area contributed by atoms with E-state index in [-0.39, 0.29) is 17.7 Å². The number of hydrogen-bond acceptors (Lipinski definition) is 7. The van der Waals surface area contributed by atoms with Gasteiger partial charge in [0.05, 0.1) is 47.8 Å². The number of rotatable bonds is 7. The average Bonchev–Trinajstić information content (AvgIpc) is 3.35. The molecule has 11 heteroatoms. The van der Waals surface area contributed by atoms with E-state index in [4.69, 9.17) is 21.1 Å². The second-order valence-electron chi connectivity index (χ2n) is 9.25. The third kappa shape index (κ3) is 4.95. The molecule has 0 saturated carbocycles. The molecule has 40 heavy (non-hydrogen) atoms. The van der Waals surface area contributed by atoms with Crippen LogP contribution in [0.2, 0.25) is 5.02 Å². The lowest BCUT2D eigenvalue weighted by Crippen LogP contribution is -2.16. The van der Waals surface area contributed by atoms with Crippen LogP contribution in [0.15, 0.2) is 48.7 Å². The number of pyridine rings is 3. The Bertz CT molecular complexity index is 1610. The number of aldehydes is 1. The standard InChI is InChI=1S/C29H24ClF3N4O3/c1-15-7-9-23(36-27(15)39-2)20-11-12-34-25(24(20)30)19-6-4-5-18-17(19)8-10-22(18)35-26-21(29(31,32)33)13-16(14-38)28(37-26)40-3/h4-7,9,11-14,22H,8,10H2,1-3H3,(H,35,37)/t22-/m0/s1. The van der Waals surface area contributed by atoms with Crippen LogP contribution >= 0.6 is 11.6 Å². The van der Waals surface area contributed by atoms with E-state index in [0.717, 1.165) is 28.3 Å². The molecular weight excluding hydrogens is 545 g/mol. The summed E-state index contributed by atoms with van der Waals surface area (Å²) in [5.74, 6) is -0.103. The minimum Gasteiger partial charge on any atom is -0.481 e. The number of carbonyl (C=O) groups excluding carboxylic acids is 1. The van der Waals surface area contributed by atoms with Gasteiger partial charge in [0.15, 0.2) is 6.29 Å². The number of hydrogen-bond donors (Lipinski definition) is 1. The first kappa shape index (κ1) is 27.4. The van der Waals surface area contributed by atoms with E-state index in [0.29, 0.717) is 40.7 Å².